The van der Waals surface area contributed by atoms with Crippen LogP contribution in [-0.2, 0) is 38.0 Å². The van der Waals surface area contributed by atoms with E-state index in [9.17, 15) is 19.8 Å². The van der Waals surface area contributed by atoms with Crippen LogP contribution in [0.4, 0.5) is 0 Å². The first-order valence-electron chi connectivity index (χ1n) is 9.08. The largest absolute Gasteiger partial charge is 0.465 e. The topological polar surface area (TPSA) is 130 Å². The van der Waals surface area contributed by atoms with Crippen molar-refractivity contribution in [1.82, 2.24) is 0 Å². The highest BCUT2D eigenvalue weighted by Gasteiger charge is 2.28. The third kappa shape index (κ3) is 11.5. The Kier molecular flexibility index (Phi) is 15.9. The van der Waals surface area contributed by atoms with Crippen LogP contribution >= 0.6 is 0 Å². The Bertz CT molecular complexity index is 395. The van der Waals surface area contributed by atoms with Crippen LogP contribution in [0.5, 0.6) is 0 Å². The van der Waals surface area contributed by atoms with Gasteiger partial charge in [-0.15, -0.1) is 0 Å². The van der Waals surface area contributed by atoms with Crippen LogP contribution in [-0.4, -0.2) is 101 Å². The molecule has 0 saturated carbocycles. The molecule has 0 heterocycles. The molecule has 0 bridgehead atoms. The van der Waals surface area contributed by atoms with Crippen molar-refractivity contribution in [1.29, 1.82) is 0 Å². The second-order valence-electron chi connectivity index (χ2n) is 6.57. The fourth-order valence-corrected chi connectivity index (χ4v) is 2.42. The van der Waals surface area contributed by atoms with E-state index in [2.05, 4.69) is 4.74 Å². The van der Waals surface area contributed by atoms with Crippen LogP contribution in [0.2, 0.25) is 0 Å². The molecule has 10 heteroatoms. The highest BCUT2D eigenvalue weighted by atomic mass is 16.6. The van der Waals surface area contributed by atoms with Crippen molar-refractivity contribution in [2.45, 2.75) is 38.3 Å². The molecule has 0 aromatic carbocycles. The summed E-state index contributed by atoms with van der Waals surface area (Å²) in [6.45, 7) is 4.93. The Morgan fingerprint density at radius 2 is 1.46 bits per heavy atom. The molecular weight excluding hydrogens is 376 g/mol. The molecule has 0 amide bonds. The number of carbonyl (C=O) groups excluding carboxylic acids is 2. The fraction of sp³-hybridized carbons (Fsp3) is 0.889. The van der Waals surface area contributed by atoms with Crippen LogP contribution in [0.1, 0.15) is 13.8 Å². The first kappa shape index (κ1) is 26.7. The van der Waals surface area contributed by atoms with Gasteiger partial charge in [0.2, 0.25) is 0 Å². The summed E-state index contributed by atoms with van der Waals surface area (Å²) in [5, 5.41) is 20.6. The third-order valence-corrected chi connectivity index (χ3v) is 4.29. The standard InChI is InChI=1S/C18H34O10/c1-13(5-25-9-16(6-23-3)28-12-20)18(22)14(2)17(21)10-26-7-15(24-4)8-27-11-19/h11-18,21-22H,5-10H2,1-4H3. The maximum atomic E-state index is 10.4. The molecule has 10 nitrogen and oxygen atoms in total. The van der Waals surface area contributed by atoms with E-state index >= 15 is 0 Å². The molecule has 0 fully saturated rings. The Hall–Kier alpha value is -1.30. The predicted octanol–water partition coefficient (Wildman–Crippen LogP) is -0.610. The fourth-order valence-electron chi connectivity index (χ4n) is 2.42. The number of ether oxygens (including phenoxy) is 6. The van der Waals surface area contributed by atoms with E-state index in [1.54, 1.807) is 13.8 Å². The number of carbonyl (C=O) groups is 2. The molecule has 0 spiro atoms. The Labute approximate surface area is 166 Å². The first-order valence-corrected chi connectivity index (χ1v) is 9.08. The molecule has 0 aromatic heterocycles. The molecule has 166 valence electrons. The molecule has 28 heavy (non-hydrogen) atoms. The van der Waals surface area contributed by atoms with Gasteiger partial charge in [0, 0.05) is 26.1 Å². The lowest BCUT2D eigenvalue weighted by Crippen LogP contribution is -2.39. The lowest BCUT2D eigenvalue weighted by Gasteiger charge is -2.29. The van der Waals surface area contributed by atoms with Crippen molar-refractivity contribution >= 4 is 12.9 Å². The third-order valence-electron chi connectivity index (χ3n) is 4.29. The van der Waals surface area contributed by atoms with Gasteiger partial charge < -0.3 is 38.6 Å². The average molecular weight is 410 g/mol. The van der Waals surface area contributed by atoms with Crippen LogP contribution < -0.4 is 0 Å². The molecule has 6 unspecified atom stereocenters. The van der Waals surface area contributed by atoms with E-state index in [0.29, 0.717) is 12.9 Å². The van der Waals surface area contributed by atoms with Crippen LogP contribution in [0.3, 0.4) is 0 Å². The Morgan fingerprint density at radius 3 is 2.04 bits per heavy atom. The van der Waals surface area contributed by atoms with Crippen molar-refractivity contribution in [3.05, 3.63) is 0 Å². The van der Waals surface area contributed by atoms with Crippen molar-refractivity contribution < 1.29 is 48.2 Å². The summed E-state index contributed by atoms with van der Waals surface area (Å²) in [5.74, 6) is -0.733. The molecule has 0 radical (unpaired) electrons. The van der Waals surface area contributed by atoms with E-state index in [1.807, 2.05) is 0 Å². The average Bonchev–Trinajstić information content (AvgIpc) is 2.69. The van der Waals surface area contributed by atoms with Gasteiger partial charge in [0.25, 0.3) is 12.9 Å². The zero-order chi connectivity index (χ0) is 21.4. The Morgan fingerprint density at radius 1 is 0.821 bits per heavy atom. The van der Waals surface area contributed by atoms with Gasteiger partial charge in [-0.05, 0) is 0 Å². The minimum Gasteiger partial charge on any atom is -0.465 e. The van der Waals surface area contributed by atoms with Crippen LogP contribution in [0.15, 0.2) is 0 Å². The van der Waals surface area contributed by atoms with Crippen molar-refractivity contribution in [3.63, 3.8) is 0 Å². The van der Waals surface area contributed by atoms with Gasteiger partial charge >= 0.3 is 0 Å². The van der Waals surface area contributed by atoms with Crippen LogP contribution in [0, 0.1) is 11.8 Å². The van der Waals surface area contributed by atoms with Crippen molar-refractivity contribution in [2.75, 3.05) is 53.9 Å². The quantitative estimate of drug-likeness (QED) is 0.266. The van der Waals surface area contributed by atoms with Gasteiger partial charge in [0.15, 0.2) is 0 Å². The summed E-state index contributed by atoms with van der Waals surface area (Å²) in [6.07, 6.45) is -2.68. The highest BCUT2D eigenvalue weighted by Crippen LogP contribution is 2.18. The van der Waals surface area contributed by atoms with E-state index < -0.39 is 30.3 Å². The molecule has 0 aliphatic carbocycles. The smallest absolute Gasteiger partial charge is 0.293 e. The van der Waals surface area contributed by atoms with Gasteiger partial charge in [-0.25, -0.2) is 0 Å². The minimum atomic E-state index is -0.901. The second-order valence-corrected chi connectivity index (χ2v) is 6.57. The highest BCUT2D eigenvalue weighted by molar-refractivity contribution is 5.37. The summed E-state index contributed by atoms with van der Waals surface area (Å²) >= 11 is 0. The van der Waals surface area contributed by atoms with Crippen LogP contribution in [0.25, 0.3) is 0 Å². The molecule has 0 aromatic rings. The van der Waals surface area contributed by atoms with Crippen molar-refractivity contribution in [2.24, 2.45) is 11.8 Å². The zero-order valence-corrected chi connectivity index (χ0v) is 17.0. The minimum absolute atomic E-state index is 0.00413. The lowest BCUT2D eigenvalue weighted by atomic mass is 9.90. The normalized spacial score (nSPS) is 17.8. The van der Waals surface area contributed by atoms with E-state index in [1.165, 1.54) is 14.2 Å². The SMILES string of the molecule is COCC(COCC(C)C(O)C(C)C(O)COCC(COC=O)OC)OC=O. The Balaban J connectivity index is 4.22. The van der Waals surface area contributed by atoms with Gasteiger partial charge in [0.05, 0.1) is 45.2 Å². The maximum absolute atomic E-state index is 10.4. The van der Waals surface area contributed by atoms with Gasteiger partial charge in [-0.3, -0.25) is 9.59 Å². The molecule has 0 aliphatic rings. The lowest BCUT2D eigenvalue weighted by molar-refractivity contribution is -0.141. The number of rotatable bonds is 19. The monoisotopic (exact) mass is 410 g/mol. The molecule has 0 rings (SSSR count). The zero-order valence-electron chi connectivity index (χ0n) is 17.0. The summed E-state index contributed by atoms with van der Waals surface area (Å²) < 4.78 is 30.3. The van der Waals surface area contributed by atoms with Gasteiger partial charge in [-0.2, -0.15) is 0 Å². The first-order chi connectivity index (χ1) is 13.4. The summed E-state index contributed by atoms with van der Waals surface area (Å²) in [4.78, 5) is 20.6. The summed E-state index contributed by atoms with van der Waals surface area (Å²) in [5.41, 5.74) is 0. The summed E-state index contributed by atoms with van der Waals surface area (Å²) in [6, 6.07) is 0. The number of aliphatic hydroxyl groups is 2. The van der Waals surface area contributed by atoms with E-state index in [-0.39, 0.29) is 45.6 Å². The second kappa shape index (κ2) is 16.6. The predicted molar refractivity (Wildman–Crippen MR) is 97.6 cm³/mol. The maximum Gasteiger partial charge on any atom is 0.293 e. The number of aliphatic hydroxyl groups excluding tert-OH is 2. The van der Waals surface area contributed by atoms with Gasteiger partial charge in [-0.1, -0.05) is 13.8 Å². The summed E-state index contributed by atoms with van der Waals surface area (Å²) in [7, 11) is 2.95. The van der Waals surface area contributed by atoms with Crippen molar-refractivity contribution in [3.8, 4) is 0 Å². The molecule has 0 aliphatic heterocycles. The van der Waals surface area contributed by atoms with E-state index in [0.717, 1.165) is 0 Å². The van der Waals surface area contributed by atoms with E-state index in [4.69, 9.17) is 23.7 Å². The molecule has 6 atom stereocenters. The van der Waals surface area contributed by atoms with Gasteiger partial charge in [0.1, 0.15) is 18.8 Å². The number of hydrogen-bond donors (Lipinski definition) is 2. The molecule has 0 saturated heterocycles. The number of methoxy groups -OCH3 is 2. The molecule has 2 N–H and O–H groups in total. The number of hydrogen-bond acceptors (Lipinski definition) is 10. The molecular formula is C18H34O10.